The maximum atomic E-state index is 11.9. The lowest BCUT2D eigenvalue weighted by molar-refractivity contribution is -0.116. The first-order chi connectivity index (χ1) is 9.47. The smallest absolute Gasteiger partial charge is 0.355 e. The van der Waals surface area contributed by atoms with Gasteiger partial charge in [0.05, 0.1) is 6.20 Å². The Morgan fingerprint density at radius 1 is 1.35 bits per heavy atom. The van der Waals surface area contributed by atoms with Gasteiger partial charge in [0.15, 0.2) is 5.69 Å². The molecule has 0 aliphatic heterocycles. The zero-order valence-electron chi connectivity index (χ0n) is 11.1. The number of carbonyl (C=O) groups excluding carboxylic acids is 1. The van der Waals surface area contributed by atoms with Crippen LogP contribution in [0.1, 0.15) is 21.6 Å². The number of amides is 1. The second-order valence-corrected chi connectivity index (χ2v) is 4.45. The zero-order chi connectivity index (χ0) is 14.7. The molecule has 0 spiro atoms. The quantitative estimate of drug-likeness (QED) is 0.874. The summed E-state index contributed by atoms with van der Waals surface area (Å²) in [5.41, 5.74) is 2.61. The van der Waals surface area contributed by atoms with E-state index >= 15 is 0 Å². The Hall–Kier alpha value is -2.70. The highest BCUT2D eigenvalue weighted by molar-refractivity contribution is 5.92. The van der Waals surface area contributed by atoms with Crippen molar-refractivity contribution < 1.29 is 14.7 Å². The number of carboxylic acid groups (broad SMARTS) is 1. The molecule has 0 unspecified atom stereocenters. The average Bonchev–Trinajstić information content (AvgIpc) is 2.81. The van der Waals surface area contributed by atoms with E-state index in [1.165, 1.54) is 0 Å². The van der Waals surface area contributed by atoms with Gasteiger partial charge in [-0.05, 0) is 25.5 Å². The number of aryl methyl sites for hydroxylation is 2. The SMILES string of the molecule is Cc1ccc(NC(=O)Cn2nncc2C(=O)O)c(C)c1. The monoisotopic (exact) mass is 274 g/mol. The van der Waals surface area contributed by atoms with Crippen molar-refractivity contribution in [2.75, 3.05) is 5.32 Å². The van der Waals surface area contributed by atoms with Crippen molar-refractivity contribution in [1.82, 2.24) is 15.0 Å². The third-order valence-electron chi connectivity index (χ3n) is 2.79. The molecule has 20 heavy (non-hydrogen) atoms. The first-order valence-corrected chi connectivity index (χ1v) is 5.96. The van der Waals surface area contributed by atoms with Crippen LogP contribution >= 0.6 is 0 Å². The van der Waals surface area contributed by atoms with Crippen molar-refractivity contribution in [3.8, 4) is 0 Å². The van der Waals surface area contributed by atoms with E-state index in [0.717, 1.165) is 22.0 Å². The van der Waals surface area contributed by atoms with Crippen molar-refractivity contribution in [2.24, 2.45) is 0 Å². The van der Waals surface area contributed by atoms with Crippen LogP contribution in [-0.2, 0) is 11.3 Å². The lowest BCUT2D eigenvalue weighted by atomic mass is 10.1. The van der Waals surface area contributed by atoms with E-state index in [0.29, 0.717) is 5.69 Å². The van der Waals surface area contributed by atoms with Gasteiger partial charge in [0, 0.05) is 5.69 Å². The zero-order valence-corrected chi connectivity index (χ0v) is 11.1. The highest BCUT2D eigenvalue weighted by Gasteiger charge is 2.14. The fourth-order valence-corrected chi connectivity index (χ4v) is 1.82. The summed E-state index contributed by atoms with van der Waals surface area (Å²) in [5, 5.41) is 18.7. The summed E-state index contributed by atoms with van der Waals surface area (Å²) in [6.45, 7) is 3.66. The third-order valence-corrected chi connectivity index (χ3v) is 2.79. The maximum absolute atomic E-state index is 11.9. The van der Waals surface area contributed by atoms with Gasteiger partial charge in [-0.15, -0.1) is 5.10 Å². The number of carbonyl (C=O) groups is 2. The van der Waals surface area contributed by atoms with Gasteiger partial charge in [-0.2, -0.15) is 0 Å². The lowest BCUT2D eigenvalue weighted by Gasteiger charge is -2.09. The second kappa shape index (κ2) is 5.52. The first-order valence-electron chi connectivity index (χ1n) is 5.96. The fourth-order valence-electron chi connectivity index (χ4n) is 1.82. The highest BCUT2D eigenvalue weighted by Crippen LogP contribution is 2.15. The number of benzene rings is 1. The van der Waals surface area contributed by atoms with Crippen molar-refractivity contribution >= 4 is 17.6 Å². The Kier molecular flexibility index (Phi) is 3.79. The van der Waals surface area contributed by atoms with E-state index in [-0.39, 0.29) is 18.1 Å². The Balaban J connectivity index is 2.09. The molecule has 0 aliphatic rings. The summed E-state index contributed by atoms with van der Waals surface area (Å²) in [6, 6.07) is 5.65. The molecule has 7 heteroatoms. The van der Waals surface area contributed by atoms with E-state index in [4.69, 9.17) is 5.11 Å². The first kappa shape index (κ1) is 13.7. The van der Waals surface area contributed by atoms with Crippen LogP contribution in [0.15, 0.2) is 24.4 Å². The number of anilines is 1. The normalized spacial score (nSPS) is 10.3. The van der Waals surface area contributed by atoms with Gasteiger partial charge in [0.1, 0.15) is 6.54 Å². The Labute approximate surface area is 115 Å². The predicted octanol–water partition coefficient (Wildman–Crippen LogP) is 1.23. The molecule has 7 nitrogen and oxygen atoms in total. The molecular weight excluding hydrogens is 260 g/mol. The minimum Gasteiger partial charge on any atom is -0.476 e. The molecule has 104 valence electrons. The van der Waals surface area contributed by atoms with Crippen molar-refractivity contribution in [2.45, 2.75) is 20.4 Å². The molecule has 1 heterocycles. The summed E-state index contributed by atoms with van der Waals surface area (Å²) < 4.78 is 1.04. The summed E-state index contributed by atoms with van der Waals surface area (Å²) in [4.78, 5) is 22.8. The molecule has 0 radical (unpaired) electrons. The van der Waals surface area contributed by atoms with Crippen LogP contribution in [0.2, 0.25) is 0 Å². The highest BCUT2D eigenvalue weighted by atomic mass is 16.4. The Bertz CT molecular complexity index is 663. The van der Waals surface area contributed by atoms with E-state index in [9.17, 15) is 9.59 Å². The molecule has 2 N–H and O–H groups in total. The number of aromatic nitrogens is 3. The second-order valence-electron chi connectivity index (χ2n) is 4.45. The van der Waals surface area contributed by atoms with Crippen LogP contribution in [0.3, 0.4) is 0 Å². The molecule has 0 atom stereocenters. The van der Waals surface area contributed by atoms with Crippen LogP contribution in [0.5, 0.6) is 0 Å². The molecule has 0 saturated carbocycles. The van der Waals surface area contributed by atoms with Gasteiger partial charge in [0.25, 0.3) is 0 Å². The fraction of sp³-hybridized carbons (Fsp3) is 0.231. The van der Waals surface area contributed by atoms with E-state index in [1.807, 2.05) is 32.0 Å². The maximum Gasteiger partial charge on any atom is 0.355 e. The summed E-state index contributed by atoms with van der Waals surface area (Å²) in [6.07, 6.45) is 1.10. The third kappa shape index (κ3) is 3.00. The number of hydrogen-bond donors (Lipinski definition) is 2. The molecule has 0 fully saturated rings. The Morgan fingerprint density at radius 2 is 2.10 bits per heavy atom. The van der Waals surface area contributed by atoms with Gasteiger partial charge in [0.2, 0.25) is 5.91 Å². The molecule has 2 aromatic rings. The summed E-state index contributed by atoms with van der Waals surface area (Å²) >= 11 is 0. The largest absolute Gasteiger partial charge is 0.476 e. The van der Waals surface area contributed by atoms with Crippen molar-refractivity contribution in [3.05, 3.63) is 41.2 Å². The standard InChI is InChI=1S/C13H14N4O3/c1-8-3-4-10(9(2)5-8)15-12(18)7-17-11(13(19)20)6-14-16-17/h3-6H,7H2,1-2H3,(H,15,18)(H,19,20). The topological polar surface area (TPSA) is 97.1 Å². The van der Waals surface area contributed by atoms with Crippen LogP contribution in [0.4, 0.5) is 5.69 Å². The molecule has 1 aromatic carbocycles. The van der Waals surface area contributed by atoms with Gasteiger partial charge < -0.3 is 10.4 Å². The van der Waals surface area contributed by atoms with Gasteiger partial charge in [-0.25, -0.2) is 9.48 Å². The summed E-state index contributed by atoms with van der Waals surface area (Å²) in [5.74, 6) is -1.53. The van der Waals surface area contributed by atoms with Crippen molar-refractivity contribution in [3.63, 3.8) is 0 Å². The van der Waals surface area contributed by atoms with Gasteiger partial charge >= 0.3 is 5.97 Å². The molecule has 2 rings (SSSR count). The van der Waals surface area contributed by atoms with E-state index in [2.05, 4.69) is 15.6 Å². The van der Waals surface area contributed by atoms with E-state index < -0.39 is 5.97 Å². The van der Waals surface area contributed by atoms with Crippen LogP contribution in [-0.4, -0.2) is 32.0 Å². The number of aromatic carboxylic acids is 1. The van der Waals surface area contributed by atoms with Gasteiger partial charge in [-0.1, -0.05) is 22.9 Å². The molecule has 1 aromatic heterocycles. The van der Waals surface area contributed by atoms with Gasteiger partial charge in [-0.3, -0.25) is 4.79 Å². The predicted molar refractivity (Wildman–Crippen MR) is 71.5 cm³/mol. The Morgan fingerprint density at radius 3 is 2.75 bits per heavy atom. The number of nitrogens with zero attached hydrogens (tertiary/aromatic N) is 3. The summed E-state index contributed by atoms with van der Waals surface area (Å²) in [7, 11) is 0. The minimum absolute atomic E-state index is 0.124. The number of nitrogens with one attached hydrogen (secondary N) is 1. The van der Waals surface area contributed by atoms with Crippen LogP contribution < -0.4 is 5.32 Å². The van der Waals surface area contributed by atoms with Crippen LogP contribution in [0, 0.1) is 13.8 Å². The van der Waals surface area contributed by atoms with E-state index in [1.54, 1.807) is 0 Å². The molecule has 0 bridgehead atoms. The molecular formula is C13H14N4O3. The number of carboxylic acids is 1. The molecule has 0 aliphatic carbocycles. The van der Waals surface area contributed by atoms with Crippen LogP contribution in [0.25, 0.3) is 0 Å². The number of rotatable bonds is 4. The number of hydrogen-bond acceptors (Lipinski definition) is 4. The molecule has 1 amide bonds. The molecule has 0 saturated heterocycles. The lowest BCUT2D eigenvalue weighted by Crippen LogP contribution is -2.22. The minimum atomic E-state index is -1.17. The van der Waals surface area contributed by atoms with Crippen molar-refractivity contribution in [1.29, 1.82) is 0 Å². The average molecular weight is 274 g/mol.